The van der Waals surface area contributed by atoms with Crippen molar-refractivity contribution in [3.05, 3.63) is 63.0 Å². The molecule has 1 amide bonds. The summed E-state index contributed by atoms with van der Waals surface area (Å²) in [7, 11) is 1.57. The molecule has 2 aromatic carbocycles. The second-order valence-corrected chi connectivity index (χ2v) is 6.74. The van der Waals surface area contributed by atoms with Crippen molar-refractivity contribution in [1.29, 1.82) is 5.41 Å². The second-order valence-electron chi connectivity index (χ2n) is 4.90. The molecule has 0 aliphatic carbocycles. The lowest BCUT2D eigenvalue weighted by Gasteiger charge is -2.15. The van der Waals surface area contributed by atoms with E-state index in [-0.39, 0.29) is 11.1 Å². The summed E-state index contributed by atoms with van der Waals surface area (Å²) in [5.74, 6) is 0.382. The van der Waals surface area contributed by atoms with E-state index in [2.05, 4.69) is 0 Å². The zero-order valence-corrected chi connectivity index (χ0v) is 14.9. The Morgan fingerprint density at radius 3 is 2.62 bits per heavy atom. The van der Waals surface area contributed by atoms with Crippen LogP contribution in [0.4, 0.5) is 5.69 Å². The predicted octanol–water partition coefficient (Wildman–Crippen LogP) is 5.06. The number of rotatable bonds is 3. The highest BCUT2D eigenvalue weighted by Crippen LogP contribution is 2.38. The first-order chi connectivity index (χ1) is 11.5. The van der Waals surface area contributed by atoms with Gasteiger partial charge in [0.1, 0.15) is 5.75 Å². The number of anilines is 1. The monoisotopic (exact) mass is 378 g/mol. The van der Waals surface area contributed by atoms with Crippen LogP contribution in [-0.2, 0) is 4.79 Å². The number of amidine groups is 1. The molecule has 24 heavy (non-hydrogen) atoms. The van der Waals surface area contributed by atoms with Crippen molar-refractivity contribution in [2.45, 2.75) is 0 Å². The molecule has 7 heteroatoms. The first-order valence-corrected chi connectivity index (χ1v) is 8.49. The van der Waals surface area contributed by atoms with E-state index < -0.39 is 0 Å². The Hall–Kier alpha value is -1.95. The number of nitrogens with one attached hydrogen (secondary N) is 1. The van der Waals surface area contributed by atoms with E-state index in [9.17, 15) is 4.79 Å². The lowest BCUT2D eigenvalue weighted by molar-refractivity contribution is -0.113. The Balaban J connectivity index is 1.97. The number of ether oxygens (including phenoxy) is 1. The van der Waals surface area contributed by atoms with Crippen LogP contribution in [0.25, 0.3) is 6.08 Å². The molecule has 0 unspecified atom stereocenters. The normalized spacial score (nSPS) is 16.1. The van der Waals surface area contributed by atoms with Crippen molar-refractivity contribution in [3.63, 3.8) is 0 Å². The highest BCUT2D eigenvalue weighted by molar-refractivity contribution is 8.19. The summed E-state index contributed by atoms with van der Waals surface area (Å²) < 4.78 is 5.29. The number of para-hydroxylation sites is 1. The number of hydrogen-bond donors (Lipinski definition) is 1. The molecular weight excluding hydrogens is 367 g/mol. The van der Waals surface area contributed by atoms with Crippen molar-refractivity contribution < 1.29 is 9.53 Å². The van der Waals surface area contributed by atoms with Crippen LogP contribution in [-0.4, -0.2) is 18.2 Å². The van der Waals surface area contributed by atoms with Crippen molar-refractivity contribution in [2.24, 2.45) is 0 Å². The van der Waals surface area contributed by atoms with E-state index >= 15 is 0 Å². The maximum absolute atomic E-state index is 12.7. The zero-order valence-electron chi connectivity index (χ0n) is 12.5. The van der Waals surface area contributed by atoms with Crippen LogP contribution in [0, 0.1) is 5.41 Å². The van der Waals surface area contributed by atoms with Gasteiger partial charge in [-0.25, -0.2) is 0 Å². The minimum atomic E-state index is -0.283. The average Bonchev–Trinajstić information content (AvgIpc) is 2.85. The first kappa shape index (κ1) is 16.9. The van der Waals surface area contributed by atoms with E-state index in [4.69, 9.17) is 33.3 Å². The van der Waals surface area contributed by atoms with Crippen LogP contribution in [0.3, 0.4) is 0 Å². The third kappa shape index (κ3) is 3.15. The van der Waals surface area contributed by atoms with Gasteiger partial charge in [0.2, 0.25) is 0 Å². The van der Waals surface area contributed by atoms with Gasteiger partial charge in [-0.3, -0.25) is 15.1 Å². The number of amides is 1. The van der Waals surface area contributed by atoms with Gasteiger partial charge >= 0.3 is 0 Å². The van der Waals surface area contributed by atoms with Gasteiger partial charge in [0, 0.05) is 5.56 Å². The molecule has 0 atom stereocenters. The molecular formula is C17H12Cl2N2O2S. The van der Waals surface area contributed by atoms with E-state index in [0.717, 1.165) is 17.3 Å². The lowest BCUT2D eigenvalue weighted by Crippen LogP contribution is -2.28. The number of benzene rings is 2. The summed E-state index contributed by atoms with van der Waals surface area (Å²) in [5, 5.41) is 8.96. The van der Waals surface area contributed by atoms with Crippen molar-refractivity contribution in [1.82, 2.24) is 0 Å². The number of methoxy groups -OCH3 is 1. The smallest absolute Gasteiger partial charge is 0.271 e. The summed E-state index contributed by atoms with van der Waals surface area (Å²) in [6, 6.07) is 12.2. The van der Waals surface area contributed by atoms with Crippen molar-refractivity contribution in [2.75, 3.05) is 12.0 Å². The Labute approximate surface area is 153 Å². The van der Waals surface area contributed by atoms with Gasteiger partial charge in [-0.2, -0.15) is 0 Å². The minimum absolute atomic E-state index is 0.111. The molecule has 1 heterocycles. The third-order valence-electron chi connectivity index (χ3n) is 3.41. The molecule has 0 aromatic heterocycles. The van der Waals surface area contributed by atoms with Gasteiger partial charge in [0.05, 0.1) is 27.7 Å². The van der Waals surface area contributed by atoms with Crippen LogP contribution in [0.1, 0.15) is 5.56 Å². The molecule has 0 saturated carbocycles. The molecule has 0 bridgehead atoms. The molecule has 0 spiro atoms. The molecule has 3 rings (SSSR count). The fourth-order valence-electron chi connectivity index (χ4n) is 2.27. The van der Waals surface area contributed by atoms with Crippen molar-refractivity contribution in [3.8, 4) is 5.75 Å². The van der Waals surface area contributed by atoms with Gasteiger partial charge in [-0.05, 0) is 42.1 Å². The first-order valence-electron chi connectivity index (χ1n) is 6.92. The topological polar surface area (TPSA) is 53.4 Å². The maximum atomic E-state index is 12.7. The highest BCUT2D eigenvalue weighted by atomic mass is 35.5. The Bertz CT molecular complexity index is 867. The number of thioether (sulfide) groups is 1. The number of halogens is 2. The summed E-state index contributed by atoms with van der Waals surface area (Å²) in [4.78, 5) is 14.4. The zero-order chi connectivity index (χ0) is 17.3. The standard InChI is InChI=1S/C17H12Cl2N2O2S/c1-23-14-5-3-2-4-10(14)8-15-16(22)21(17(20)24-15)11-6-7-12(18)13(19)9-11/h2-9,20H,1H3/b15-8-,20-17?. The molecule has 0 radical (unpaired) electrons. The summed E-state index contributed by atoms with van der Waals surface area (Å²) in [6.07, 6.45) is 1.72. The quantitative estimate of drug-likeness (QED) is 0.759. The number of nitrogens with zero attached hydrogens (tertiary/aromatic N) is 1. The van der Waals surface area contributed by atoms with Gasteiger partial charge < -0.3 is 4.74 Å². The number of carbonyl (C=O) groups excluding carboxylic acids is 1. The molecule has 122 valence electrons. The molecule has 4 nitrogen and oxygen atoms in total. The van der Waals surface area contributed by atoms with Crippen LogP contribution >= 0.6 is 35.0 Å². The van der Waals surface area contributed by atoms with Crippen molar-refractivity contribution >= 4 is 57.8 Å². The van der Waals surface area contributed by atoms with Crippen LogP contribution < -0.4 is 9.64 Å². The summed E-state index contributed by atoms with van der Waals surface area (Å²) >= 11 is 13.0. The second kappa shape index (κ2) is 6.89. The molecule has 1 saturated heterocycles. The summed E-state index contributed by atoms with van der Waals surface area (Å²) in [6.45, 7) is 0. The minimum Gasteiger partial charge on any atom is -0.496 e. The van der Waals surface area contributed by atoms with E-state index in [1.54, 1.807) is 31.4 Å². The SMILES string of the molecule is COc1ccccc1/C=C1\SC(=N)N(c2ccc(Cl)c(Cl)c2)C1=O. The fourth-order valence-corrected chi connectivity index (χ4v) is 3.42. The maximum Gasteiger partial charge on any atom is 0.271 e. The Kier molecular flexibility index (Phi) is 4.85. The predicted molar refractivity (Wildman–Crippen MR) is 100 cm³/mol. The van der Waals surface area contributed by atoms with E-state index in [0.29, 0.717) is 26.4 Å². The molecule has 1 aliphatic heterocycles. The third-order valence-corrected chi connectivity index (χ3v) is 5.04. The average molecular weight is 379 g/mol. The van der Waals surface area contributed by atoms with Gasteiger partial charge in [0.25, 0.3) is 5.91 Å². The van der Waals surface area contributed by atoms with Crippen LogP contribution in [0.15, 0.2) is 47.4 Å². The number of carbonyl (C=O) groups is 1. The van der Waals surface area contributed by atoms with Gasteiger partial charge in [-0.1, -0.05) is 41.4 Å². The summed E-state index contributed by atoms with van der Waals surface area (Å²) in [5.41, 5.74) is 1.29. The molecule has 2 aromatic rings. The van der Waals surface area contributed by atoms with Gasteiger partial charge in [-0.15, -0.1) is 0 Å². The van der Waals surface area contributed by atoms with E-state index in [1.807, 2.05) is 24.3 Å². The number of hydrogen-bond acceptors (Lipinski definition) is 4. The van der Waals surface area contributed by atoms with Crippen LogP contribution in [0.2, 0.25) is 10.0 Å². The largest absolute Gasteiger partial charge is 0.496 e. The molecule has 1 aliphatic rings. The molecule has 1 N–H and O–H groups in total. The Morgan fingerprint density at radius 2 is 1.92 bits per heavy atom. The van der Waals surface area contributed by atoms with Crippen LogP contribution in [0.5, 0.6) is 5.75 Å². The van der Waals surface area contributed by atoms with Gasteiger partial charge in [0.15, 0.2) is 5.17 Å². The fraction of sp³-hybridized carbons (Fsp3) is 0.0588. The lowest BCUT2D eigenvalue weighted by atomic mass is 10.2. The van der Waals surface area contributed by atoms with E-state index in [1.165, 1.54) is 4.90 Å². The molecule has 1 fully saturated rings. The Morgan fingerprint density at radius 1 is 1.17 bits per heavy atom. The highest BCUT2D eigenvalue weighted by Gasteiger charge is 2.34.